The van der Waals surface area contributed by atoms with Crippen molar-refractivity contribution >= 4 is 40.7 Å². The van der Waals surface area contributed by atoms with Gasteiger partial charge in [0, 0.05) is 30.4 Å². The van der Waals surface area contributed by atoms with E-state index in [9.17, 15) is 9.59 Å². The van der Waals surface area contributed by atoms with Gasteiger partial charge in [0.1, 0.15) is 0 Å². The van der Waals surface area contributed by atoms with E-state index in [1.54, 1.807) is 35.5 Å². The van der Waals surface area contributed by atoms with Gasteiger partial charge in [-0.15, -0.1) is 0 Å². The quantitative estimate of drug-likeness (QED) is 0.730. The Morgan fingerprint density at radius 3 is 2.69 bits per heavy atom. The normalized spacial score (nSPS) is 10.4. The van der Waals surface area contributed by atoms with Gasteiger partial charge < -0.3 is 10.2 Å². The van der Waals surface area contributed by atoms with E-state index in [-0.39, 0.29) is 18.4 Å². The highest BCUT2D eigenvalue weighted by Crippen LogP contribution is 2.25. The molecule has 7 heteroatoms. The number of hydrogen-bond donors (Lipinski definition) is 1. The first-order valence-electron chi connectivity index (χ1n) is 8.41. The minimum absolute atomic E-state index is 0.0152. The van der Waals surface area contributed by atoms with Crippen LogP contribution in [0.15, 0.2) is 42.7 Å². The number of aromatic nitrogens is 1. The molecule has 1 aromatic heterocycles. The lowest BCUT2D eigenvalue weighted by Gasteiger charge is -2.22. The van der Waals surface area contributed by atoms with Gasteiger partial charge in [0.15, 0.2) is 0 Å². The molecule has 0 saturated heterocycles. The summed E-state index contributed by atoms with van der Waals surface area (Å²) in [5.74, 6) is -0.356. The highest BCUT2D eigenvalue weighted by atomic mass is 35.5. The van der Waals surface area contributed by atoms with Gasteiger partial charge in [0.05, 0.1) is 17.3 Å². The van der Waals surface area contributed by atoms with E-state index in [2.05, 4.69) is 10.3 Å². The molecule has 1 N–H and O–H groups in total. The monoisotopic (exact) mass is 393 g/mol. The Balaban J connectivity index is 1.93. The number of carbonyl (C=O) groups is 2. The highest BCUT2D eigenvalue weighted by Gasteiger charge is 2.17. The lowest BCUT2D eigenvalue weighted by molar-refractivity contribution is -0.134. The van der Waals surface area contributed by atoms with E-state index in [4.69, 9.17) is 23.2 Å². The number of carbonyl (C=O) groups excluding carboxylic acids is 2. The maximum atomic E-state index is 12.5. The van der Waals surface area contributed by atoms with E-state index < -0.39 is 0 Å². The van der Waals surface area contributed by atoms with Gasteiger partial charge >= 0.3 is 0 Å². The van der Waals surface area contributed by atoms with Crippen LogP contribution in [0, 0.1) is 0 Å². The lowest BCUT2D eigenvalue weighted by Crippen LogP contribution is -2.38. The molecule has 1 aromatic carbocycles. The van der Waals surface area contributed by atoms with Crippen LogP contribution >= 0.6 is 23.2 Å². The summed E-state index contributed by atoms with van der Waals surface area (Å²) in [4.78, 5) is 30.4. The number of anilines is 1. The summed E-state index contributed by atoms with van der Waals surface area (Å²) in [5.41, 5.74) is 1.47. The average molecular weight is 394 g/mol. The number of rotatable bonds is 8. The summed E-state index contributed by atoms with van der Waals surface area (Å²) in [6.07, 6.45) is 5.14. The minimum atomic E-state index is -0.294. The first kappa shape index (κ1) is 20.2. The Kier molecular flexibility index (Phi) is 7.88. The van der Waals surface area contributed by atoms with E-state index in [1.807, 2.05) is 19.1 Å². The number of benzene rings is 1. The van der Waals surface area contributed by atoms with Crippen molar-refractivity contribution in [2.45, 2.75) is 26.2 Å². The summed E-state index contributed by atoms with van der Waals surface area (Å²) >= 11 is 11.9. The van der Waals surface area contributed by atoms with Crippen LogP contribution in [0.25, 0.3) is 0 Å². The predicted octanol–water partition coefficient (Wildman–Crippen LogP) is 4.20. The number of hydrogen-bond acceptors (Lipinski definition) is 3. The second-order valence-electron chi connectivity index (χ2n) is 5.85. The van der Waals surface area contributed by atoms with Crippen LogP contribution in [0.3, 0.4) is 0 Å². The van der Waals surface area contributed by atoms with Crippen molar-refractivity contribution in [3.05, 3.63) is 58.3 Å². The van der Waals surface area contributed by atoms with Crippen LogP contribution in [0.1, 0.15) is 25.3 Å². The maximum absolute atomic E-state index is 12.5. The fraction of sp³-hybridized carbons (Fsp3) is 0.316. The number of amides is 2. The molecule has 2 amide bonds. The zero-order valence-corrected chi connectivity index (χ0v) is 16.1. The summed E-state index contributed by atoms with van der Waals surface area (Å²) in [6, 6.07) is 8.61. The largest absolute Gasteiger partial charge is 0.333 e. The third-order valence-corrected chi connectivity index (χ3v) is 4.28. The van der Waals surface area contributed by atoms with E-state index in [1.165, 1.54) is 0 Å². The molecule has 0 unspecified atom stereocenters. The maximum Gasteiger partial charge on any atom is 0.244 e. The molecule has 2 aromatic rings. The zero-order valence-electron chi connectivity index (χ0n) is 14.5. The summed E-state index contributed by atoms with van der Waals surface area (Å²) in [7, 11) is 0. The van der Waals surface area contributed by atoms with Crippen LogP contribution in [0.5, 0.6) is 0 Å². The number of nitrogens with zero attached hydrogens (tertiary/aromatic N) is 2. The van der Waals surface area contributed by atoms with Crippen LogP contribution in [0.2, 0.25) is 10.0 Å². The Labute approximate surface area is 163 Å². The van der Waals surface area contributed by atoms with Crippen molar-refractivity contribution in [2.24, 2.45) is 0 Å². The van der Waals surface area contributed by atoms with Crippen molar-refractivity contribution in [2.75, 3.05) is 18.4 Å². The lowest BCUT2D eigenvalue weighted by atomic mass is 10.1. The van der Waals surface area contributed by atoms with Crippen LogP contribution in [-0.2, 0) is 16.0 Å². The van der Waals surface area contributed by atoms with E-state index >= 15 is 0 Å². The Morgan fingerprint density at radius 1 is 1.23 bits per heavy atom. The van der Waals surface area contributed by atoms with Crippen molar-refractivity contribution in [1.29, 1.82) is 0 Å². The fourth-order valence-electron chi connectivity index (χ4n) is 2.47. The van der Waals surface area contributed by atoms with Gasteiger partial charge in [-0.2, -0.15) is 0 Å². The van der Waals surface area contributed by atoms with Gasteiger partial charge in [-0.1, -0.05) is 36.2 Å². The Bertz CT molecular complexity index is 754. The summed E-state index contributed by atoms with van der Waals surface area (Å²) in [5, 5.41) is 3.57. The SMILES string of the molecule is CCCN(CC(=O)Nc1ccc(Cl)cc1Cl)C(=O)CCc1cccnc1. The molecule has 0 atom stereocenters. The highest BCUT2D eigenvalue weighted by molar-refractivity contribution is 6.36. The molecule has 5 nitrogen and oxygen atoms in total. The smallest absolute Gasteiger partial charge is 0.244 e. The first-order chi connectivity index (χ1) is 12.5. The average Bonchev–Trinajstić information content (AvgIpc) is 2.62. The molecule has 0 fully saturated rings. The van der Waals surface area contributed by atoms with Crippen molar-refractivity contribution in [3.8, 4) is 0 Å². The van der Waals surface area contributed by atoms with Gasteiger partial charge in [-0.3, -0.25) is 14.6 Å². The first-order valence-corrected chi connectivity index (χ1v) is 9.16. The molecule has 0 spiro atoms. The van der Waals surface area contributed by atoms with E-state index in [0.717, 1.165) is 12.0 Å². The second kappa shape index (κ2) is 10.1. The standard InChI is InChI=1S/C19H21Cl2N3O2/c1-2-10-24(19(26)8-5-14-4-3-9-22-12-14)13-18(25)23-17-7-6-15(20)11-16(17)21/h3-4,6-7,9,11-12H,2,5,8,10,13H2,1H3,(H,23,25). The predicted molar refractivity (Wildman–Crippen MR) is 105 cm³/mol. The third kappa shape index (κ3) is 6.32. The molecule has 0 saturated carbocycles. The van der Waals surface area contributed by atoms with Crippen LogP contribution in [-0.4, -0.2) is 34.8 Å². The molecule has 0 aliphatic rings. The summed E-state index contributed by atoms with van der Waals surface area (Å²) < 4.78 is 0. The fourth-order valence-corrected chi connectivity index (χ4v) is 2.93. The molecule has 2 rings (SSSR count). The molecule has 26 heavy (non-hydrogen) atoms. The third-order valence-electron chi connectivity index (χ3n) is 3.74. The van der Waals surface area contributed by atoms with Crippen LogP contribution < -0.4 is 5.32 Å². The topological polar surface area (TPSA) is 62.3 Å². The molecular formula is C19H21Cl2N3O2. The van der Waals surface area contributed by atoms with Crippen molar-refractivity contribution in [3.63, 3.8) is 0 Å². The molecule has 0 radical (unpaired) electrons. The molecule has 0 bridgehead atoms. The van der Waals surface area contributed by atoms with Crippen LogP contribution in [0.4, 0.5) is 5.69 Å². The molecule has 0 aliphatic carbocycles. The van der Waals surface area contributed by atoms with E-state index in [0.29, 0.717) is 35.1 Å². The second-order valence-corrected chi connectivity index (χ2v) is 6.69. The number of halogens is 2. The van der Waals surface area contributed by atoms with Crippen molar-refractivity contribution in [1.82, 2.24) is 9.88 Å². The summed E-state index contributed by atoms with van der Waals surface area (Å²) in [6.45, 7) is 2.47. The van der Waals surface area contributed by atoms with Gasteiger partial charge in [0.2, 0.25) is 11.8 Å². The number of pyridine rings is 1. The molecular weight excluding hydrogens is 373 g/mol. The Morgan fingerprint density at radius 2 is 2.04 bits per heavy atom. The van der Waals surface area contributed by atoms with Gasteiger partial charge in [0.25, 0.3) is 0 Å². The molecule has 0 aliphatic heterocycles. The van der Waals surface area contributed by atoms with Gasteiger partial charge in [-0.05, 0) is 42.7 Å². The van der Waals surface area contributed by atoms with Crippen molar-refractivity contribution < 1.29 is 9.59 Å². The number of aryl methyl sites for hydroxylation is 1. The zero-order chi connectivity index (χ0) is 18.9. The van der Waals surface area contributed by atoms with Gasteiger partial charge in [-0.25, -0.2) is 0 Å². The minimum Gasteiger partial charge on any atom is -0.333 e. The molecule has 138 valence electrons. The molecule has 1 heterocycles. The Hall–Kier alpha value is -2.11. The number of nitrogens with one attached hydrogen (secondary N) is 1.